The summed E-state index contributed by atoms with van der Waals surface area (Å²) in [4.78, 5) is 0. The summed E-state index contributed by atoms with van der Waals surface area (Å²) in [5.74, 6) is 2.40. The molecular weight excluding hydrogens is 224 g/mol. The second-order valence-electron chi connectivity index (χ2n) is 5.71. The van der Waals surface area contributed by atoms with Gasteiger partial charge in [0.25, 0.3) is 0 Å². The predicted molar refractivity (Wildman–Crippen MR) is 77.0 cm³/mol. The number of rotatable bonds is 3. The van der Waals surface area contributed by atoms with Crippen LogP contribution in [0.3, 0.4) is 0 Å². The molecule has 0 aliphatic heterocycles. The van der Waals surface area contributed by atoms with Gasteiger partial charge in [0.05, 0.1) is 18.5 Å². The van der Waals surface area contributed by atoms with E-state index in [0.717, 1.165) is 29.0 Å². The fourth-order valence-electron chi connectivity index (χ4n) is 3.08. The molecule has 1 saturated carbocycles. The Balaban J connectivity index is 2.04. The lowest BCUT2D eigenvalue weighted by Crippen LogP contribution is -2.30. The number of ether oxygens (including phenoxy) is 1. The van der Waals surface area contributed by atoms with Gasteiger partial charge in [-0.2, -0.15) is 0 Å². The molecule has 18 heavy (non-hydrogen) atoms. The van der Waals surface area contributed by atoms with Crippen LogP contribution in [0, 0.1) is 11.8 Å². The van der Waals surface area contributed by atoms with Crippen molar-refractivity contribution in [3.05, 3.63) is 18.2 Å². The molecule has 2 unspecified atom stereocenters. The van der Waals surface area contributed by atoms with Crippen LogP contribution in [0.25, 0.3) is 0 Å². The smallest absolute Gasteiger partial charge is 0.121 e. The second-order valence-corrected chi connectivity index (χ2v) is 5.71. The van der Waals surface area contributed by atoms with Crippen LogP contribution < -0.4 is 15.8 Å². The Kier molecular flexibility index (Phi) is 4.00. The van der Waals surface area contributed by atoms with E-state index in [1.807, 2.05) is 18.2 Å². The third-order valence-corrected chi connectivity index (χ3v) is 3.80. The molecule has 0 spiro atoms. The largest absolute Gasteiger partial charge is 0.497 e. The number of nitrogen functional groups attached to an aromatic ring is 1. The minimum Gasteiger partial charge on any atom is -0.497 e. The van der Waals surface area contributed by atoms with Crippen molar-refractivity contribution < 1.29 is 4.74 Å². The van der Waals surface area contributed by atoms with Crippen molar-refractivity contribution in [1.82, 2.24) is 0 Å². The van der Waals surface area contributed by atoms with Crippen molar-refractivity contribution >= 4 is 11.4 Å². The molecule has 0 aromatic heterocycles. The number of nitrogens with one attached hydrogen (secondary N) is 1. The summed E-state index contributed by atoms with van der Waals surface area (Å²) in [5.41, 5.74) is 7.83. The fourth-order valence-corrected chi connectivity index (χ4v) is 3.08. The van der Waals surface area contributed by atoms with Gasteiger partial charge in [-0.25, -0.2) is 0 Å². The van der Waals surface area contributed by atoms with Gasteiger partial charge >= 0.3 is 0 Å². The summed E-state index contributed by atoms with van der Waals surface area (Å²) in [6.45, 7) is 4.67. The average Bonchev–Trinajstić information content (AvgIpc) is 2.30. The molecule has 1 aromatic carbocycles. The highest BCUT2D eigenvalue weighted by Gasteiger charge is 2.24. The summed E-state index contributed by atoms with van der Waals surface area (Å²) in [7, 11) is 1.66. The zero-order valence-electron chi connectivity index (χ0n) is 11.6. The molecule has 3 nitrogen and oxygen atoms in total. The average molecular weight is 248 g/mol. The Morgan fingerprint density at radius 2 is 1.83 bits per heavy atom. The summed E-state index contributed by atoms with van der Waals surface area (Å²) in [6.07, 6.45) is 3.81. The number of benzene rings is 1. The SMILES string of the molecule is COc1ccc(NC2CC(C)CC(C)C2)c(N)c1. The van der Waals surface area contributed by atoms with E-state index < -0.39 is 0 Å². The first-order valence-corrected chi connectivity index (χ1v) is 6.78. The van der Waals surface area contributed by atoms with Crippen LogP contribution in [0.2, 0.25) is 0 Å². The highest BCUT2D eigenvalue weighted by Crippen LogP contribution is 2.32. The first-order chi connectivity index (χ1) is 8.58. The van der Waals surface area contributed by atoms with E-state index in [2.05, 4.69) is 19.2 Å². The number of nitrogens with two attached hydrogens (primary N) is 1. The van der Waals surface area contributed by atoms with E-state index in [4.69, 9.17) is 10.5 Å². The minimum atomic E-state index is 0.541. The second kappa shape index (κ2) is 5.51. The third-order valence-electron chi connectivity index (χ3n) is 3.80. The lowest BCUT2D eigenvalue weighted by Gasteiger charge is -2.32. The molecule has 3 heteroatoms. The Hall–Kier alpha value is -1.38. The Morgan fingerprint density at radius 1 is 1.17 bits per heavy atom. The minimum absolute atomic E-state index is 0.541. The summed E-state index contributed by atoms with van der Waals surface area (Å²) in [5, 5.41) is 3.58. The molecule has 0 saturated heterocycles. The summed E-state index contributed by atoms with van der Waals surface area (Å²) < 4.78 is 5.17. The van der Waals surface area contributed by atoms with E-state index in [9.17, 15) is 0 Å². The molecule has 100 valence electrons. The van der Waals surface area contributed by atoms with Gasteiger partial charge in [0.1, 0.15) is 5.75 Å². The van der Waals surface area contributed by atoms with Gasteiger partial charge in [-0.05, 0) is 43.2 Å². The van der Waals surface area contributed by atoms with E-state index in [1.54, 1.807) is 7.11 Å². The first kappa shape index (κ1) is 13.1. The fraction of sp³-hybridized carbons (Fsp3) is 0.600. The number of anilines is 2. The normalized spacial score (nSPS) is 27.8. The van der Waals surface area contributed by atoms with Crippen LogP contribution in [0.5, 0.6) is 5.75 Å². The van der Waals surface area contributed by atoms with E-state index in [-0.39, 0.29) is 0 Å². The highest BCUT2D eigenvalue weighted by atomic mass is 16.5. The topological polar surface area (TPSA) is 47.3 Å². The van der Waals surface area contributed by atoms with Crippen LogP contribution in [-0.2, 0) is 0 Å². The molecule has 0 amide bonds. The molecule has 2 rings (SSSR count). The maximum absolute atomic E-state index is 6.04. The number of hydrogen-bond acceptors (Lipinski definition) is 3. The van der Waals surface area contributed by atoms with Gasteiger partial charge < -0.3 is 15.8 Å². The molecule has 1 aliphatic carbocycles. The van der Waals surface area contributed by atoms with Crippen molar-refractivity contribution in [2.24, 2.45) is 11.8 Å². The molecule has 0 bridgehead atoms. The molecule has 0 heterocycles. The maximum atomic E-state index is 6.04. The van der Waals surface area contributed by atoms with E-state index in [1.165, 1.54) is 19.3 Å². The van der Waals surface area contributed by atoms with Crippen molar-refractivity contribution in [3.63, 3.8) is 0 Å². The molecule has 1 aromatic rings. The van der Waals surface area contributed by atoms with E-state index >= 15 is 0 Å². The van der Waals surface area contributed by atoms with Crippen molar-refractivity contribution in [3.8, 4) is 5.75 Å². The standard InChI is InChI=1S/C15H24N2O/c1-10-6-11(2)8-12(7-10)17-15-5-4-13(18-3)9-14(15)16/h4-5,9-12,17H,6-8,16H2,1-3H3. The molecule has 0 radical (unpaired) electrons. The van der Waals surface area contributed by atoms with Crippen molar-refractivity contribution in [2.45, 2.75) is 39.2 Å². The van der Waals surface area contributed by atoms with Gasteiger partial charge in [0.15, 0.2) is 0 Å². The molecule has 1 aliphatic rings. The zero-order valence-corrected chi connectivity index (χ0v) is 11.6. The Morgan fingerprint density at radius 3 is 2.39 bits per heavy atom. The summed E-state index contributed by atoms with van der Waals surface area (Å²) in [6, 6.07) is 6.38. The molecule has 2 atom stereocenters. The van der Waals surface area contributed by atoms with Crippen LogP contribution in [-0.4, -0.2) is 13.2 Å². The Bertz CT molecular complexity index is 395. The van der Waals surface area contributed by atoms with Gasteiger partial charge in [-0.3, -0.25) is 0 Å². The van der Waals surface area contributed by atoms with Crippen LogP contribution in [0.15, 0.2) is 18.2 Å². The van der Waals surface area contributed by atoms with Gasteiger partial charge in [-0.15, -0.1) is 0 Å². The zero-order chi connectivity index (χ0) is 13.1. The maximum Gasteiger partial charge on any atom is 0.121 e. The highest BCUT2D eigenvalue weighted by molar-refractivity contribution is 5.68. The van der Waals surface area contributed by atoms with E-state index in [0.29, 0.717) is 6.04 Å². The third kappa shape index (κ3) is 3.09. The first-order valence-electron chi connectivity index (χ1n) is 6.78. The molecule has 3 N–H and O–H groups in total. The van der Waals surface area contributed by atoms with Crippen LogP contribution in [0.1, 0.15) is 33.1 Å². The van der Waals surface area contributed by atoms with Gasteiger partial charge in [0.2, 0.25) is 0 Å². The van der Waals surface area contributed by atoms with Crippen molar-refractivity contribution in [1.29, 1.82) is 0 Å². The predicted octanol–water partition coefficient (Wildman–Crippen LogP) is 3.51. The van der Waals surface area contributed by atoms with Gasteiger partial charge in [-0.1, -0.05) is 13.8 Å². The quantitative estimate of drug-likeness (QED) is 0.805. The van der Waals surface area contributed by atoms with Crippen LogP contribution in [0.4, 0.5) is 11.4 Å². The van der Waals surface area contributed by atoms with Crippen LogP contribution >= 0.6 is 0 Å². The summed E-state index contributed by atoms with van der Waals surface area (Å²) >= 11 is 0. The monoisotopic (exact) mass is 248 g/mol. The number of hydrogen-bond donors (Lipinski definition) is 2. The van der Waals surface area contributed by atoms with Crippen molar-refractivity contribution in [2.75, 3.05) is 18.2 Å². The van der Waals surface area contributed by atoms with Gasteiger partial charge in [0, 0.05) is 12.1 Å². The lowest BCUT2D eigenvalue weighted by molar-refractivity contribution is 0.281. The molecule has 1 fully saturated rings. The number of methoxy groups -OCH3 is 1. The lowest BCUT2D eigenvalue weighted by atomic mass is 9.80. The Labute approximate surface area is 110 Å². The molecular formula is C15H24N2O.